The molecule has 1 aliphatic heterocycles. The molecule has 0 bridgehead atoms. The average molecular weight is 239 g/mol. The molecule has 0 aromatic carbocycles. The van der Waals surface area contributed by atoms with Gasteiger partial charge < -0.3 is 16.0 Å². The lowest BCUT2D eigenvalue weighted by atomic mass is 9.90. The van der Waals surface area contributed by atoms with E-state index in [0.29, 0.717) is 12.1 Å². The predicted molar refractivity (Wildman–Crippen MR) is 73.1 cm³/mol. The third kappa shape index (κ3) is 4.23. The average Bonchev–Trinajstić information content (AvgIpc) is 2.34. The van der Waals surface area contributed by atoms with Crippen molar-refractivity contribution in [1.29, 1.82) is 0 Å². The summed E-state index contributed by atoms with van der Waals surface area (Å²) < 4.78 is 0. The Balaban J connectivity index is 1.59. The van der Waals surface area contributed by atoms with Crippen molar-refractivity contribution in [3.8, 4) is 0 Å². The van der Waals surface area contributed by atoms with Crippen LogP contribution in [0, 0.1) is 5.92 Å². The molecule has 2 aliphatic rings. The van der Waals surface area contributed by atoms with Gasteiger partial charge in [-0.1, -0.05) is 12.8 Å². The normalized spacial score (nSPS) is 32.8. The molecule has 1 aliphatic carbocycles. The molecule has 1 heterocycles. The highest BCUT2D eigenvalue weighted by molar-refractivity contribution is 4.83. The third-order valence-corrected chi connectivity index (χ3v) is 4.62. The summed E-state index contributed by atoms with van der Waals surface area (Å²) in [5.41, 5.74) is 6.15. The zero-order chi connectivity index (χ0) is 12.1. The fourth-order valence-electron chi connectivity index (χ4n) is 3.24. The molecule has 2 rings (SSSR count). The van der Waals surface area contributed by atoms with Crippen molar-refractivity contribution in [1.82, 2.24) is 10.2 Å². The van der Waals surface area contributed by atoms with E-state index in [0.717, 1.165) is 5.92 Å². The summed E-state index contributed by atoms with van der Waals surface area (Å²) in [6, 6.07) is 0.997. The standard InChI is InChI=1S/C14H29N3/c1-17-10-7-12(8-11-17)6-9-16-14-5-3-2-4-13(14)15/h12-14,16H,2-11,15H2,1H3. The molecule has 0 aromatic heterocycles. The number of likely N-dealkylation sites (tertiary alicyclic amines) is 1. The highest BCUT2D eigenvalue weighted by Crippen LogP contribution is 2.20. The maximum absolute atomic E-state index is 6.15. The molecule has 3 heteroatoms. The van der Waals surface area contributed by atoms with E-state index < -0.39 is 0 Å². The molecule has 1 saturated heterocycles. The smallest absolute Gasteiger partial charge is 0.0219 e. The molecule has 17 heavy (non-hydrogen) atoms. The largest absolute Gasteiger partial charge is 0.326 e. The number of hydrogen-bond donors (Lipinski definition) is 2. The monoisotopic (exact) mass is 239 g/mol. The van der Waals surface area contributed by atoms with E-state index in [1.807, 2.05) is 0 Å². The van der Waals surface area contributed by atoms with Crippen LogP contribution in [0.15, 0.2) is 0 Å². The van der Waals surface area contributed by atoms with Crippen molar-refractivity contribution >= 4 is 0 Å². The van der Waals surface area contributed by atoms with Crippen LogP contribution in [0.1, 0.15) is 44.9 Å². The van der Waals surface area contributed by atoms with E-state index in [1.54, 1.807) is 0 Å². The van der Waals surface area contributed by atoms with Gasteiger partial charge >= 0.3 is 0 Å². The van der Waals surface area contributed by atoms with Crippen LogP contribution >= 0.6 is 0 Å². The van der Waals surface area contributed by atoms with E-state index in [-0.39, 0.29) is 0 Å². The summed E-state index contributed by atoms with van der Waals surface area (Å²) in [6.45, 7) is 3.74. The van der Waals surface area contributed by atoms with Gasteiger partial charge in [0.1, 0.15) is 0 Å². The second-order valence-electron chi connectivity index (χ2n) is 6.04. The minimum atomic E-state index is 0.404. The van der Waals surface area contributed by atoms with Crippen LogP contribution in [0.3, 0.4) is 0 Å². The van der Waals surface area contributed by atoms with E-state index in [1.165, 1.54) is 64.6 Å². The van der Waals surface area contributed by atoms with Crippen LogP contribution in [0.2, 0.25) is 0 Å². The molecule has 3 nitrogen and oxygen atoms in total. The fourth-order valence-corrected chi connectivity index (χ4v) is 3.24. The summed E-state index contributed by atoms with van der Waals surface area (Å²) in [5.74, 6) is 0.943. The number of nitrogens with two attached hydrogens (primary N) is 1. The van der Waals surface area contributed by atoms with Gasteiger partial charge in [-0.3, -0.25) is 0 Å². The molecule has 0 aromatic rings. The number of piperidine rings is 1. The van der Waals surface area contributed by atoms with Crippen molar-refractivity contribution in [2.75, 3.05) is 26.7 Å². The number of hydrogen-bond acceptors (Lipinski definition) is 3. The predicted octanol–water partition coefficient (Wildman–Crippen LogP) is 1.58. The van der Waals surface area contributed by atoms with E-state index in [9.17, 15) is 0 Å². The molecule has 1 saturated carbocycles. The summed E-state index contributed by atoms with van der Waals surface area (Å²) in [6.07, 6.45) is 9.30. The SMILES string of the molecule is CN1CCC(CCNC2CCCCC2N)CC1. The van der Waals surface area contributed by atoms with Gasteiger partial charge in [-0.25, -0.2) is 0 Å². The van der Waals surface area contributed by atoms with Crippen LogP contribution in [-0.4, -0.2) is 43.7 Å². The maximum atomic E-state index is 6.15. The topological polar surface area (TPSA) is 41.3 Å². The molecular weight excluding hydrogens is 210 g/mol. The zero-order valence-corrected chi connectivity index (χ0v) is 11.3. The van der Waals surface area contributed by atoms with Gasteiger partial charge in [-0.15, -0.1) is 0 Å². The van der Waals surface area contributed by atoms with Crippen molar-refractivity contribution in [3.63, 3.8) is 0 Å². The lowest BCUT2D eigenvalue weighted by Gasteiger charge is -2.32. The minimum Gasteiger partial charge on any atom is -0.326 e. The van der Waals surface area contributed by atoms with Gasteiger partial charge in [-0.2, -0.15) is 0 Å². The van der Waals surface area contributed by atoms with Crippen LogP contribution < -0.4 is 11.1 Å². The number of rotatable bonds is 4. The number of nitrogens with zero attached hydrogens (tertiary/aromatic N) is 1. The quantitative estimate of drug-likeness (QED) is 0.782. The minimum absolute atomic E-state index is 0.404. The van der Waals surface area contributed by atoms with Gasteiger partial charge in [0.2, 0.25) is 0 Å². The van der Waals surface area contributed by atoms with Crippen molar-refractivity contribution in [3.05, 3.63) is 0 Å². The molecule has 3 N–H and O–H groups in total. The van der Waals surface area contributed by atoms with Crippen molar-refractivity contribution in [2.45, 2.75) is 57.0 Å². The van der Waals surface area contributed by atoms with E-state index in [2.05, 4.69) is 17.3 Å². The Hall–Kier alpha value is -0.120. The fraction of sp³-hybridized carbons (Fsp3) is 1.00. The summed E-state index contributed by atoms with van der Waals surface area (Å²) in [4.78, 5) is 2.45. The molecular formula is C14H29N3. The Morgan fingerprint density at radius 1 is 1.12 bits per heavy atom. The number of nitrogens with one attached hydrogen (secondary N) is 1. The Morgan fingerprint density at radius 2 is 1.82 bits per heavy atom. The van der Waals surface area contributed by atoms with Gasteiger partial charge in [-0.05, 0) is 64.7 Å². The first-order chi connectivity index (χ1) is 8.25. The second-order valence-corrected chi connectivity index (χ2v) is 6.04. The van der Waals surface area contributed by atoms with E-state index in [4.69, 9.17) is 5.73 Å². The highest BCUT2D eigenvalue weighted by atomic mass is 15.1. The molecule has 2 fully saturated rings. The molecule has 0 radical (unpaired) electrons. The van der Waals surface area contributed by atoms with E-state index >= 15 is 0 Å². The van der Waals surface area contributed by atoms with Crippen LogP contribution in [0.5, 0.6) is 0 Å². The van der Waals surface area contributed by atoms with Crippen LogP contribution in [0.25, 0.3) is 0 Å². The van der Waals surface area contributed by atoms with Crippen molar-refractivity contribution < 1.29 is 0 Å². The Morgan fingerprint density at radius 3 is 2.53 bits per heavy atom. The zero-order valence-electron chi connectivity index (χ0n) is 11.3. The van der Waals surface area contributed by atoms with Crippen LogP contribution in [0.4, 0.5) is 0 Å². The molecule has 2 atom stereocenters. The summed E-state index contributed by atoms with van der Waals surface area (Å²) >= 11 is 0. The second kappa shape index (κ2) is 6.72. The molecule has 0 amide bonds. The first-order valence-electron chi connectivity index (χ1n) is 7.43. The molecule has 100 valence electrons. The van der Waals surface area contributed by atoms with Gasteiger partial charge in [0.05, 0.1) is 0 Å². The lowest BCUT2D eigenvalue weighted by Crippen LogP contribution is -2.47. The summed E-state index contributed by atoms with van der Waals surface area (Å²) in [7, 11) is 2.23. The van der Waals surface area contributed by atoms with Crippen LogP contribution in [-0.2, 0) is 0 Å². The van der Waals surface area contributed by atoms with Gasteiger partial charge in [0.15, 0.2) is 0 Å². The third-order valence-electron chi connectivity index (χ3n) is 4.62. The first-order valence-corrected chi connectivity index (χ1v) is 7.43. The maximum Gasteiger partial charge on any atom is 0.0219 e. The van der Waals surface area contributed by atoms with Gasteiger partial charge in [0.25, 0.3) is 0 Å². The lowest BCUT2D eigenvalue weighted by molar-refractivity contribution is 0.208. The highest BCUT2D eigenvalue weighted by Gasteiger charge is 2.22. The van der Waals surface area contributed by atoms with Crippen molar-refractivity contribution in [2.24, 2.45) is 11.7 Å². The molecule has 2 unspecified atom stereocenters. The Bertz CT molecular complexity index is 212. The Labute approximate surface area is 106 Å². The molecule has 0 spiro atoms. The first kappa shape index (κ1) is 13.3. The van der Waals surface area contributed by atoms with Gasteiger partial charge in [0, 0.05) is 12.1 Å². The summed E-state index contributed by atoms with van der Waals surface area (Å²) in [5, 5.41) is 3.69. The Kier molecular flexibility index (Phi) is 5.26.